The second kappa shape index (κ2) is 6.98. The van der Waals surface area contributed by atoms with Gasteiger partial charge in [-0.2, -0.15) is 4.31 Å². The monoisotopic (exact) mass is 340 g/mol. The number of benzene rings is 1. The maximum absolute atomic E-state index is 12.9. The quantitative estimate of drug-likeness (QED) is 0.840. The Morgan fingerprint density at radius 2 is 1.96 bits per heavy atom. The minimum Gasteiger partial charge on any atom is -0.465 e. The molecule has 1 aromatic rings. The van der Waals surface area contributed by atoms with E-state index in [2.05, 4.69) is 4.74 Å². The highest BCUT2D eigenvalue weighted by Crippen LogP contribution is 2.27. The largest absolute Gasteiger partial charge is 0.465 e. The summed E-state index contributed by atoms with van der Waals surface area (Å²) in [5, 5.41) is 0. The van der Waals surface area contributed by atoms with E-state index in [1.807, 2.05) is 6.92 Å². The molecular formula is C16H24N2O4S. The van der Waals surface area contributed by atoms with Crippen molar-refractivity contribution in [3.8, 4) is 0 Å². The molecule has 6 nitrogen and oxygen atoms in total. The molecule has 1 heterocycles. The third-order valence-corrected chi connectivity index (χ3v) is 6.51. The summed E-state index contributed by atoms with van der Waals surface area (Å²) in [4.78, 5) is 11.8. The van der Waals surface area contributed by atoms with Crippen LogP contribution < -0.4 is 5.73 Å². The van der Waals surface area contributed by atoms with Crippen molar-refractivity contribution in [2.75, 3.05) is 20.2 Å². The van der Waals surface area contributed by atoms with Crippen LogP contribution in [-0.2, 0) is 14.8 Å². The molecule has 1 fully saturated rings. The summed E-state index contributed by atoms with van der Waals surface area (Å²) in [6.07, 6.45) is 1.51. The Kier molecular flexibility index (Phi) is 5.44. The molecule has 1 aliphatic rings. The van der Waals surface area contributed by atoms with E-state index in [0.29, 0.717) is 24.6 Å². The molecule has 0 radical (unpaired) electrons. The first kappa shape index (κ1) is 17.9. The minimum atomic E-state index is -3.62. The number of carbonyl (C=O) groups is 1. The Balaban J connectivity index is 2.28. The van der Waals surface area contributed by atoms with Gasteiger partial charge in [0.05, 0.1) is 17.6 Å². The number of sulfonamides is 1. The summed E-state index contributed by atoms with van der Waals surface area (Å²) >= 11 is 0. The van der Waals surface area contributed by atoms with Crippen LogP contribution in [0.15, 0.2) is 23.1 Å². The van der Waals surface area contributed by atoms with Crippen LogP contribution in [0, 0.1) is 12.8 Å². The topological polar surface area (TPSA) is 89.7 Å². The first-order chi connectivity index (χ1) is 10.8. The van der Waals surface area contributed by atoms with Gasteiger partial charge >= 0.3 is 5.97 Å². The summed E-state index contributed by atoms with van der Waals surface area (Å²) < 4.78 is 31.9. The average molecular weight is 340 g/mol. The first-order valence-electron chi connectivity index (χ1n) is 7.72. The lowest BCUT2D eigenvalue weighted by atomic mass is 9.92. The number of methoxy groups -OCH3 is 1. The third kappa shape index (κ3) is 3.73. The van der Waals surface area contributed by atoms with Crippen molar-refractivity contribution >= 4 is 16.0 Å². The molecule has 1 unspecified atom stereocenters. The lowest BCUT2D eigenvalue weighted by Crippen LogP contribution is -2.42. The fourth-order valence-electron chi connectivity index (χ4n) is 2.90. The Morgan fingerprint density at radius 3 is 2.48 bits per heavy atom. The van der Waals surface area contributed by atoms with Crippen LogP contribution in [0.4, 0.5) is 0 Å². The summed E-state index contributed by atoms with van der Waals surface area (Å²) in [5.41, 5.74) is 6.76. The molecule has 0 bridgehead atoms. The van der Waals surface area contributed by atoms with Gasteiger partial charge in [0.25, 0.3) is 0 Å². The standard InChI is InChI=1S/C16H24N2O4S/c1-11-4-5-14(16(19)22-3)10-15(11)23(20,21)18-8-6-13(7-9-18)12(2)17/h4-5,10,12-13H,6-9,17H2,1-3H3. The van der Waals surface area contributed by atoms with Crippen molar-refractivity contribution < 1.29 is 17.9 Å². The van der Waals surface area contributed by atoms with Gasteiger partial charge in [-0.05, 0) is 50.3 Å². The molecule has 1 saturated heterocycles. The molecule has 1 atom stereocenters. The van der Waals surface area contributed by atoms with Gasteiger partial charge in [-0.3, -0.25) is 0 Å². The fraction of sp³-hybridized carbons (Fsp3) is 0.562. The second-order valence-corrected chi connectivity index (χ2v) is 7.98. The number of piperidine rings is 1. The number of carbonyl (C=O) groups excluding carboxylic acids is 1. The molecular weight excluding hydrogens is 316 g/mol. The molecule has 0 aromatic heterocycles. The molecule has 0 aliphatic carbocycles. The van der Waals surface area contributed by atoms with Gasteiger partial charge in [-0.1, -0.05) is 6.07 Å². The predicted octanol–water partition coefficient (Wildman–Crippen LogP) is 1.53. The van der Waals surface area contributed by atoms with Crippen LogP contribution in [0.2, 0.25) is 0 Å². The first-order valence-corrected chi connectivity index (χ1v) is 9.16. The summed E-state index contributed by atoms with van der Waals surface area (Å²) in [6, 6.07) is 4.68. The third-order valence-electron chi connectivity index (χ3n) is 4.47. The highest BCUT2D eigenvalue weighted by molar-refractivity contribution is 7.89. The van der Waals surface area contributed by atoms with Crippen molar-refractivity contribution in [1.82, 2.24) is 4.31 Å². The number of ether oxygens (including phenoxy) is 1. The number of hydrogen-bond acceptors (Lipinski definition) is 5. The van der Waals surface area contributed by atoms with Crippen LogP contribution >= 0.6 is 0 Å². The molecule has 2 N–H and O–H groups in total. The number of aryl methyl sites for hydroxylation is 1. The van der Waals surface area contributed by atoms with E-state index in [9.17, 15) is 13.2 Å². The SMILES string of the molecule is COC(=O)c1ccc(C)c(S(=O)(=O)N2CCC(C(C)N)CC2)c1. The highest BCUT2D eigenvalue weighted by atomic mass is 32.2. The zero-order chi connectivity index (χ0) is 17.2. The number of rotatable bonds is 4. The van der Waals surface area contributed by atoms with Crippen LogP contribution in [0.3, 0.4) is 0 Å². The van der Waals surface area contributed by atoms with Gasteiger partial charge in [0.15, 0.2) is 0 Å². The lowest BCUT2D eigenvalue weighted by Gasteiger charge is -2.33. The molecule has 23 heavy (non-hydrogen) atoms. The van der Waals surface area contributed by atoms with Gasteiger partial charge < -0.3 is 10.5 Å². The number of nitrogens with two attached hydrogens (primary N) is 1. The zero-order valence-electron chi connectivity index (χ0n) is 13.8. The molecule has 1 aromatic carbocycles. The molecule has 0 amide bonds. The Morgan fingerprint density at radius 1 is 1.35 bits per heavy atom. The van der Waals surface area contributed by atoms with Crippen LogP contribution in [0.1, 0.15) is 35.7 Å². The molecule has 2 rings (SSSR count). The van der Waals surface area contributed by atoms with E-state index in [1.165, 1.54) is 17.5 Å². The van der Waals surface area contributed by atoms with Crippen LogP contribution in [-0.4, -0.2) is 44.9 Å². The molecule has 128 valence electrons. The van der Waals surface area contributed by atoms with E-state index < -0.39 is 16.0 Å². The Labute approximate surface area is 137 Å². The van der Waals surface area contributed by atoms with E-state index >= 15 is 0 Å². The summed E-state index contributed by atoms with van der Waals surface area (Å²) in [6.45, 7) is 4.59. The Hall–Kier alpha value is -1.44. The van der Waals surface area contributed by atoms with Gasteiger partial charge in [-0.25, -0.2) is 13.2 Å². The summed E-state index contributed by atoms with van der Waals surface area (Å²) in [5.74, 6) is -0.193. The van der Waals surface area contributed by atoms with Gasteiger partial charge in [0.2, 0.25) is 10.0 Å². The van der Waals surface area contributed by atoms with E-state index in [1.54, 1.807) is 19.1 Å². The Bertz CT molecular complexity index is 677. The lowest BCUT2D eigenvalue weighted by molar-refractivity contribution is 0.0600. The van der Waals surface area contributed by atoms with Crippen molar-refractivity contribution in [2.45, 2.75) is 37.6 Å². The maximum Gasteiger partial charge on any atom is 0.337 e. The number of hydrogen-bond donors (Lipinski definition) is 1. The molecule has 1 aliphatic heterocycles. The minimum absolute atomic E-state index is 0.0734. The van der Waals surface area contributed by atoms with Gasteiger partial charge in [0, 0.05) is 19.1 Å². The highest BCUT2D eigenvalue weighted by Gasteiger charge is 2.31. The molecule has 7 heteroatoms. The van der Waals surface area contributed by atoms with Gasteiger partial charge in [0.1, 0.15) is 0 Å². The molecule has 0 spiro atoms. The van der Waals surface area contributed by atoms with Crippen LogP contribution in [0.5, 0.6) is 0 Å². The van der Waals surface area contributed by atoms with E-state index in [4.69, 9.17) is 5.73 Å². The fourth-order valence-corrected chi connectivity index (χ4v) is 4.62. The van der Waals surface area contributed by atoms with E-state index in [0.717, 1.165) is 12.8 Å². The average Bonchev–Trinajstić information content (AvgIpc) is 2.54. The zero-order valence-corrected chi connectivity index (χ0v) is 14.6. The number of esters is 1. The van der Waals surface area contributed by atoms with Crippen molar-refractivity contribution in [3.63, 3.8) is 0 Å². The number of nitrogens with zero attached hydrogens (tertiary/aromatic N) is 1. The second-order valence-electron chi connectivity index (χ2n) is 6.07. The van der Waals surface area contributed by atoms with Crippen molar-refractivity contribution in [3.05, 3.63) is 29.3 Å². The smallest absolute Gasteiger partial charge is 0.337 e. The predicted molar refractivity (Wildman–Crippen MR) is 87.7 cm³/mol. The molecule has 0 saturated carbocycles. The van der Waals surface area contributed by atoms with Crippen molar-refractivity contribution in [2.24, 2.45) is 11.7 Å². The van der Waals surface area contributed by atoms with E-state index in [-0.39, 0.29) is 16.5 Å². The van der Waals surface area contributed by atoms with Gasteiger partial charge in [-0.15, -0.1) is 0 Å². The van der Waals surface area contributed by atoms with Crippen molar-refractivity contribution in [1.29, 1.82) is 0 Å². The van der Waals surface area contributed by atoms with Crippen LogP contribution in [0.25, 0.3) is 0 Å². The summed E-state index contributed by atoms with van der Waals surface area (Å²) in [7, 11) is -2.35. The maximum atomic E-state index is 12.9. The normalized spacial score (nSPS) is 18.6.